The SMILES string of the molecule is CC1(C)CCC(CCC#N)CC1. The highest BCUT2D eigenvalue weighted by molar-refractivity contribution is 4.80. The monoisotopic (exact) mass is 165 g/mol. The van der Waals surface area contributed by atoms with Gasteiger partial charge in [0.15, 0.2) is 0 Å². The van der Waals surface area contributed by atoms with Crippen molar-refractivity contribution < 1.29 is 0 Å². The number of rotatable bonds is 2. The van der Waals surface area contributed by atoms with Crippen LogP contribution in [0.3, 0.4) is 0 Å². The molecule has 1 saturated carbocycles. The molecule has 0 bridgehead atoms. The first kappa shape index (κ1) is 9.58. The first-order valence-corrected chi connectivity index (χ1v) is 5.01. The molecule has 1 aliphatic carbocycles. The van der Waals surface area contributed by atoms with Gasteiger partial charge in [0.05, 0.1) is 6.07 Å². The molecule has 0 spiro atoms. The molecule has 0 aromatic rings. The van der Waals surface area contributed by atoms with E-state index in [4.69, 9.17) is 5.26 Å². The maximum absolute atomic E-state index is 8.45. The molecule has 0 aliphatic heterocycles. The summed E-state index contributed by atoms with van der Waals surface area (Å²) >= 11 is 0. The van der Waals surface area contributed by atoms with Crippen molar-refractivity contribution in [1.29, 1.82) is 5.26 Å². The molecule has 68 valence electrons. The van der Waals surface area contributed by atoms with Crippen molar-refractivity contribution in [2.45, 2.75) is 52.4 Å². The molecular weight excluding hydrogens is 146 g/mol. The lowest BCUT2D eigenvalue weighted by Crippen LogP contribution is -2.21. The van der Waals surface area contributed by atoms with Gasteiger partial charge in [-0.05, 0) is 43.4 Å². The fourth-order valence-corrected chi connectivity index (χ4v) is 2.02. The van der Waals surface area contributed by atoms with Gasteiger partial charge in [-0.2, -0.15) is 5.26 Å². The van der Waals surface area contributed by atoms with Gasteiger partial charge in [0.1, 0.15) is 0 Å². The minimum atomic E-state index is 0.573. The molecule has 0 radical (unpaired) electrons. The summed E-state index contributed by atoms with van der Waals surface area (Å²) in [7, 11) is 0. The molecule has 0 aromatic heterocycles. The molecule has 0 atom stereocenters. The molecule has 0 amide bonds. The van der Waals surface area contributed by atoms with Crippen LogP contribution in [0.2, 0.25) is 0 Å². The first-order valence-electron chi connectivity index (χ1n) is 5.01. The molecular formula is C11H19N. The van der Waals surface area contributed by atoms with Gasteiger partial charge in [-0.15, -0.1) is 0 Å². The van der Waals surface area contributed by atoms with E-state index in [2.05, 4.69) is 19.9 Å². The van der Waals surface area contributed by atoms with E-state index < -0.39 is 0 Å². The second-order valence-electron chi connectivity index (χ2n) is 4.80. The molecule has 1 rings (SSSR count). The lowest BCUT2D eigenvalue weighted by Gasteiger charge is -2.34. The Kier molecular flexibility index (Phi) is 3.14. The summed E-state index contributed by atoms with van der Waals surface area (Å²) in [5.74, 6) is 0.845. The fraction of sp³-hybridized carbons (Fsp3) is 0.909. The maximum atomic E-state index is 8.45. The standard InChI is InChI=1S/C11H19N/c1-11(2)7-5-10(6-8-11)4-3-9-12/h10H,3-8H2,1-2H3. The summed E-state index contributed by atoms with van der Waals surface area (Å²) in [5, 5.41) is 8.45. The van der Waals surface area contributed by atoms with E-state index in [9.17, 15) is 0 Å². The van der Waals surface area contributed by atoms with Gasteiger partial charge in [0, 0.05) is 6.42 Å². The lowest BCUT2D eigenvalue weighted by molar-refractivity contribution is 0.186. The normalized spacial score (nSPS) is 23.4. The Morgan fingerprint density at radius 2 is 1.92 bits per heavy atom. The van der Waals surface area contributed by atoms with Gasteiger partial charge in [-0.1, -0.05) is 13.8 Å². The Labute approximate surface area is 75.8 Å². The molecule has 1 heteroatoms. The summed E-state index contributed by atoms with van der Waals surface area (Å²) in [4.78, 5) is 0. The largest absolute Gasteiger partial charge is 0.198 e. The molecule has 0 N–H and O–H groups in total. The minimum Gasteiger partial charge on any atom is -0.198 e. The molecule has 0 heterocycles. The quantitative estimate of drug-likeness (QED) is 0.614. The van der Waals surface area contributed by atoms with Gasteiger partial charge in [0.25, 0.3) is 0 Å². The van der Waals surface area contributed by atoms with Crippen molar-refractivity contribution in [2.75, 3.05) is 0 Å². The van der Waals surface area contributed by atoms with E-state index in [0.29, 0.717) is 5.41 Å². The van der Waals surface area contributed by atoms with E-state index in [0.717, 1.165) is 18.8 Å². The third-order valence-electron chi connectivity index (χ3n) is 3.12. The Balaban J connectivity index is 2.23. The van der Waals surface area contributed by atoms with Crippen LogP contribution in [0.15, 0.2) is 0 Å². The average molecular weight is 165 g/mol. The number of nitrogens with zero attached hydrogens (tertiary/aromatic N) is 1. The van der Waals surface area contributed by atoms with E-state index in [1.807, 2.05) is 0 Å². The van der Waals surface area contributed by atoms with E-state index >= 15 is 0 Å². The van der Waals surface area contributed by atoms with Crippen LogP contribution < -0.4 is 0 Å². The van der Waals surface area contributed by atoms with Crippen molar-refractivity contribution in [1.82, 2.24) is 0 Å². The molecule has 1 nitrogen and oxygen atoms in total. The first-order chi connectivity index (χ1) is 5.64. The van der Waals surface area contributed by atoms with Crippen molar-refractivity contribution in [3.8, 4) is 6.07 Å². The second kappa shape index (κ2) is 3.94. The lowest BCUT2D eigenvalue weighted by atomic mass is 9.72. The Bertz CT molecular complexity index is 166. The van der Waals surface area contributed by atoms with Crippen LogP contribution in [0.25, 0.3) is 0 Å². The van der Waals surface area contributed by atoms with Crippen LogP contribution in [-0.4, -0.2) is 0 Å². The highest BCUT2D eigenvalue weighted by atomic mass is 14.3. The number of hydrogen-bond acceptors (Lipinski definition) is 1. The van der Waals surface area contributed by atoms with Gasteiger partial charge < -0.3 is 0 Å². The molecule has 0 unspecified atom stereocenters. The smallest absolute Gasteiger partial charge is 0.0621 e. The third kappa shape index (κ3) is 2.85. The van der Waals surface area contributed by atoms with E-state index in [1.165, 1.54) is 25.7 Å². The zero-order valence-electron chi connectivity index (χ0n) is 8.27. The molecule has 1 aliphatic rings. The van der Waals surface area contributed by atoms with E-state index in [1.54, 1.807) is 0 Å². The summed E-state index contributed by atoms with van der Waals surface area (Å²) < 4.78 is 0. The molecule has 1 fully saturated rings. The Hall–Kier alpha value is -0.510. The van der Waals surface area contributed by atoms with Crippen LogP contribution in [0.1, 0.15) is 52.4 Å². The topological polar surface area (TPSA) is 23.8 Å². The average Bonchev–Trinajstić information content (AvgIpc) is 2.03. The molecule has 0 saturated heterocycles. The molecule has 12 heavy (non-hydrogen) atoms. The van der Waals surface area contributed by atoms with Crippen LogP contribution in [0, 0.1) is 22.7 Å². The zero-order chi connectivity index (χ0) is 9.03. The Morgan fingerprint density at radius 1 is 1.33 bits per heavy atom. The van der Waals surface area contributed by atoms with Crippen LogP contribution in [0.4, 0.5) is 0 Å². The van der Waals surface area contributed by atoms with Gasteiger partial charge in [-0.3, -0.25) is 0 Å². The van der Waals surface area contributed by atoms with Crippen molar-refractivity contribution in [2.24, 2.45) is 11.3 Å². The summed E-state index contributed by atoms with van der Waals surface area (Å²) in [6, 6.07) is 2.24. The highest BCUT2D eigenvalue weighted by Crippen LogP contribution is 2.39. The van der Waals surface area contributed by atoms with Crippen LogP contribution >= 0.6 is 0 Å². The number of nitriles is 1. The minimum absolute atomic E-state index is 0.573. The van der Waals surface area contributed by atoms with Crippen LogP contribution in [-0.2, 0) is 0 Å². The Morgan fingerprint density at radius 3 is 2.42 bits per heavy atom. The van der Waals surface area contributed by atoms with Crippen molar-refractivity contribution >= 4 is 0 Å². The summed E-state index contributed by atoms with van der Waals surface area (Å²) in [5.41, 5.74) is 0.573. The number of hydrogen-bond donors (Lipinski definition) is 0. The van der Waals surface area contributed by atoms with Crippen molar-refractivity contribution in [3.05, 3.63) is 0 Å². The predicted molar refractivity (Wildman–Crippen MR) is 50.6 cm³/mol. The fourth-order valence-electron chi connectivity index (χ4n) is 2.02. The van der Waals surface area contributed by atoms with Gasteiger partial charge in [-0.25, -0.2) is 0 Å². The zero-order valence-corrected chi connectivity index (χ0v) is 8.27. The van der Waals surface area contributed by atoms with E-state index in [-0.39, 0.29) is 0 Å². The summed E-state index contributed by atoms with van der Waals surface area (Å²) in [6.07, 6.45) is 7.27. The van der Waals surface area contributed by atoms with Crippen LogP contribution in [0.5, 0.6) is 0 Å². The third-order valence-corrected chi connectivity index (χ3v) is 3.12. The summed E-state index contributed by atoms with van der Waals surface area (Å²) in [6.45, 7) is 4.71. The highest BCUT2D eigenvalue weighted by Gasteiger charge is 2.26. The van der Waals surface area contributed by atoms with Gasteiger partial charge >= 0.3 is 0 Å². The van der Waals surface area contributed by atoms with Gasteiger partial charge in [0.2, 0.25) is 0 Å². The second-order valence-corrected chi connectivity index (χ2v) is 4.80. The maximum Gasteiger partial charge on any atom is 0.0621 e. The van der Waals surface area contributed by atoms with Crippen molar-refractivity contribution in [3.63, 3.8) is 0 Å². The molecule has 0 aromatic carbocycles. The predicted octanol–water partition coefficient (Wildman–Crippen LogP) is 3.51.